The molecular formula is C14H19N5O. The van der Waals surface area contributed by atoms with Gasteiger partial charge in [0.25, 0.3) is 0 Å². The standard InChI is InChI=1S/C14H19N5O/c1-4-18-13-12(10(3)17-18)16-14(15)19(13)9(2)8-11-6-5-7-20-11/h5-7,9H,4,8H2,1-3H3,(H2,15,16). The van der Waals surface area contributed by atoms with Gasteiger partial charge in [-0.3, -0.25) is 4.57 Å². The Hall–Kier alpha value is -2.24. The molecule has 6 nitrogen and oxygen atoms in total. The predicted octanol–water partition coefficient (Wildman–Crippen LogP) is 2.54. The Morgan fingerprint density at radius 2 is 2.25 bits per heavy atom. The molecule has 106 valence electrons. The molecule has 3 heterocycles. The maximum atomic E-state index is 6.10. The van der Waals surface area contributed by atoms with Crippen LogP contribution in [-0.4, -0.2) is 19.3 Å². The Labute approximate surface area is 117 Å². The Kier molecular flexibility index (Phi) is 3.00. The maximum Gasteiger partial charge on any atom is 0.202 e. The Morgan fingerprint density at radius 1 is 1.45 bits per heavy atom. The lowest BCUT2D eigenvalue weighted by Gasteiger charge is -2.15. The van der Waals surface area contributed by atoms with Crippen molar-refractivity contribution in [3.63, 3.8) is 0 Å². The molecule has 0 radical (unpaired) electrons. The van der Waals surface area contributed by atoms with Crippen LogP contribution in [-0.2, 0) is 13.0 Å². The summed E-state index contributed by atoms with van der Waals surface area (Å²) in [4.78, 5) is 4.46. The van der Waals surface area contributed by atoms with Gasteiger partial charge in [-0.15, -0.1) is 0 Å². The number of aromatic nitrogens is 4. The van der Waals surface area contributed by atoms with Crippen LogP contribution >= 0.6 is 0 Å². The first-order valence-corrected chi connectivity index (χ1v) is 6.85. The van der Waals surface area contributed by atoms with Crippen molar-refractivity contribution in [3.8, 4) is 0 Å². The molecule has 3 aromatic rings. The van der Waals surface area contributed by atoms with E-state index < -0.39 is 0 Å². The van der Waals surface area contributed by atoms with Crippen LogP contribution in [0.2, 0.25) is 0 Å². The summed E-state index contributed by atoms with van der Waals surface area (Å²) in [6, 6.07) is 4.03. The molecule has 0 aliphatic carbocycles. The van der Waals surface area contributed by atoms with Gasteiger partial charge in [0.15, 0.2) is 5.65 Å². The molecule has 0 aliphatic rings. The lowest BCUT2D eigenvalue weighted by molar-refractivity contribution is 0.452. The largest absolute Gasteiger partial charge is 0.469 e. The van der Waals surface area contributed by atoms with Gasteiger partial charge in [-0.25, -0.2) is 9.67 Å². The third-order valence-electron chi connectivity index (χ3n) is 3.59. The van der Waals surface area contributed by atoms with E-state index in [1.54, 1.807) is 6.26 Å². The third-order valence-corrected chi connectivity index (χ3v) is 3.59. The highest BCUT2D eigenvalue weighted by Crippen LogP contribution is 2.27. The molecular weight excluding hydrogens is 254 g/mol. The number of hydrogen-bond donors (Lipinski definition) is 1. The Morgan fingerprint density at radius 3 is 2.90 bits per heavy atom. The second-order valence-corrected chi connectivity index (χ2v) is 5.05. The molecule has 3 rings (SSSR count). The number of fused-ring (bicyclic) bond motifs is 1. The monoisotopic (exact) mass is 273 g/mol. The third kappa shape index (κ3) is 1.88. The van der Waals surface area contributed by atoms with E-state index in [0.717, 1.165) is 35.6 Å². The molecule has 1 unspecified atom stereocenters. The molecule has 1 atom stereocenters. The summed E-state index contributed by atoms with van der Waals surface area (Å²) in [6.45, 7) is 6.93. The van der Waals surface area contributed by atoms with Crippen LogP contribution in [0, 0.1) is 6.92 Å². The van der Waals surface area contributed by atoms with Crippen LogP contribution in [0.4, 0.5) is 5.95 Å². The molecule has 20 heavy (non-hydrogen) atoms. The number of hydrogen-bond acceptors (Lipinski definition) is 4. The summed E-state index contributed by atoms with van der Waals surface area (Å²) >= 11 is 0. The van der Waals surface area contributed by atoms with E-state index in [-0.39, 0.29) is 6.04 Å². The summed E-state index contributed by atoms with van der Waals surface area (Å²) < 4.78 is 9.41. The number of nitrogen functional groups attached to an aromatic ring is 1. The van der Waals surface area contributed by atoms with E-state index in [9.17, 15) is 0 Å². The van der Waals surface area contributed by atoms with E-state index >= 15 is 0 Å². The minimum Gasteiger partial charge on any atom is -0.469 e. The van der Waals surface area contributed by atoms with Crippen LogP contribution in [0.1, 0.15) is 31.3 Å². The maximum absolute atomic E-state index is 6.10. The smallest absolute Gasteiger partial charge is 0.202 e. The van der Waals surface area contributed by atoms with Crippen LogP contribution in [0.15, 0.2) is 22.8 Å². The van der Waals surface area contributed by atoms with Gasteiger partial charge in [0.1, 0.15) is 11.3 Å². The SMILES string of the molecule is CCn1nc(C)c2nc(N)n(C(C)Cc3ccco3)c21. The van der Waals surface area contributed by atoms with Crippen molar-refractivity contribution in [3.05, 3.63) is 29.9 Å². The lowest BCUT2D eigenvalue weighted by Crippen LogP contribution is -2.14. The van der Waals surface area contributed by atoms with Gasteiger partial charge < -0.3 is 10.2 Å². The fourth-order valence-corrected chi connectivity index (χ4v) is 2.67. The van der Waals surface area contributed by atoms with E-state index in [0.29, 0.717) is 5.95 Å². The summed E-state index contributed by atoms with van der Waals surface area (Å²) in [6.07, 6.45) is 2.46. The highest BCUT2D eigenvalue weighted by atomic mass is 16.3. The van der Waals surface area contributed by atoms with Crippen LogP contribution in [0.3, 0.4) is 0 Å². The van der Waals surface area contributed by atoms with Crippen LogP contribution in [0.25, 0.3) is 11.2 Å². The molecule has 0 saturated carbocycles. The quantitative estimate of drug-likeness (QED) is 0.792. The molecule has 0 saturated heterocycles. The highest BCUT2D eigenvalue weighted by Gasteiger charge is 2.20. The number of nitrogens with zero attached hydrogens (tertiary/aromatic N) is 4. The van der Waals surface area contributed by atoms with Gasteiger partial charge in [-0.05, 0) is 32.9 Å². The average Bonchev–Trinajstić information content (AvgIpc) is 3.08. The zero-order chi connectivity index (χ0) is 14.3. The van der Waals surface area contributed by atoms with E-state index in [4.69, 9.17) is 10.2 Å². The van der Waals surface area contributed by atoms with Gasteiger partial charge in [-0.1, -0.05) is 0 Å². The van der Waals surface area contributed by atoms with Crippen molar-refractivity contribution < 1.29 is 4.42 Å². The van der Waals surface area contributed by atoms with Gasteiger partial charge >= 0.3 is 0 Å². The fraction of sp³-hybridized carbons (Fsp3) is 0.429. The summed E-state index contributed by atoms with van der Waals surface area (Å²) in [5.41, 5.74) is 8.89. The number of nitrogens with two attached hydrogens (primary N) is 1. The summed E-state index contributed by atoms with van der Waals surface area (Å²) in [5, 5.41) is 4.50. The van der Waals surface area contributed by atoms with Crippen molar-refractivity contribution in [1.82, 2.24) is 19.3 Å². The fourth-order valence-electron chi connectivity index (χ4n) is 2.67. The van der Waals surface area contributed by atoms with E-state index in [2.05, 4.69) is 23.9 Å². The highest BCUT2D eigenvalue weighted by molar-refractivity contribution is 5.77. The average molecular weight is 273 g/mol. The zero-order valence-electron chi connectivity index (χ0n) is 12.0. The van der Waals surface area contributed by atoms with Crippen molar-refractivity contribution in [1.29, 1.82) is 0 Å². The molecule has 0 aliphatic heterocycles. The molecule has 0 bridgehead atoms. The molecule has 0 amide bonds. The van der Waals surface area contributed by atoms with Gasteiger partial charge in [0, 0.05) is 19.0 Å². The van der Waals surface area contributed by atoms with Crippen molar-refractivity contribution in [2.75, 3.05) is 5.73 Å². The topological polar surface area (TPSA) is 74.8 Å². The number of aryl methyl sites for hydroxylation is 2. The van der Waals surface area contributed by atoms with Crippen LogP contribution < -0.4 is 5.73 Å². The zero-order valence-corrected chi connectivity index (χ0v) is 12.0. The van der Waals surface area contributed by atoms with Crippen molar-refractivity contribution >= 4 is 17.1 Å². The molecule has 2 N–H and O–H groups in total. The molecule has 3 aromatic heterocycles. The van der Waals surface area contributed by atoms with Gasteiger partial charge in [0.05, 0.1) is 12.0 Å². The molecule has 0 fully saturated rings. The predicted molar refractivity (Wildman–Crippen MR) is 77.5 cm³/mol. The van der Waals surface area contributed by atoms with Crippen molar-refractivity contribution in [2.45, 2.75) is 39.8 Å². The number of rotatable bonds is 4. The molecule has 0 aromatic carbocycles. The number of furan rings is 1. The molecule has 0 spiro atoms. The second-order valence-electron chi connectivity index (χ2n) is 5.05. The first-order valence-electron chi connectivity index (χ1n) is 6.85. The van der Waals surface area contributed by atoms with Crippen molar-refractivity contribution in [2.24, 2.45) is 0 Å². The first-order chi connectivity index (χ1) is 9.61. The minimum atomic E-state index is 0.160. The summed E-state index contributed by atoms with van der Waals surface area (Å²) in [5.74, 6) is 1.47. The number of anilines is 1. The van der Waals surface area contributed by atoms with Gasteiger partial charge in [-0.2, -0.15) is 5.10 Å². The van der Waals surface area contributed by atoms with E-state index in [1.165, 1.54) is 0 Å². The Balaban J connectivity index is 2.07. The second kappa shape index (κ2) is 4.70. The first kappa shape index (κ1) is 12.8. The Bertz CT molecular complexity index is 722. The molecule has 6 heteroatoms. The van der Waals surface area contributed by atoms with Crippen LogP contribution in [0.5, 0.6) is 0 Å². The normalized spacial score (nSPS) is 13.2. The lowest BCUT2D eigenvalue weighted by atomic mass is 10.2. The minimum absolute atomic E-state index is 0.160. The number of imidazole rings is 1. The summed E-state index contributed by atoms with van der Waals surface area (Å²) in [7, 11) is 0. The van der Waals surface area contributed by atoms with Gasteiger partial charge in [0.2, 0.25) is 5.95 Å². The van der Waals surface area contributed by atoms with E-state index in [1.807, 2.05) is 28.3 Å².